The summed E-state index contributed by atoms with van der Waals surface area (Å²) >= 11 is 0. The second-order valence-electron chi connectivity index (χ2n) is 4.93. The highest BCUT2D eigenvalue weighted by atomic mass is 16.5. The summed E-state index contributed by atoms with van der Waals surface area (Å²) in [6.45, 7) is 3.58. The normalized spacial score (nSPS) is 13.6. The molecule has 110 valence electrons. The maximum absolute atomic E-state index is 11.9. The van der Waals surface area contributed by atoms with E-state index in [0.717, 1.165) is 29.2 Å². The molecular formula is C15H17N3O3. The zero-order valence-electron chi connectivity index (χ0n) is 11.8. The fourth-order valence-electron chi connectivity index (χ4n) is 2.11. The number of H-pyrrole nitrogens is 1. The van der Waals surface area contributed by atoms with E-state index in [4.69, 9.17) is 9.47 Å². The van der Waals surface area contributed by atoms with Gasteiger partial charge in [0.15, 0.2) is 17.3 Å². The molecule has 2 aromatic rings. The molecule has 0 saturated carbocycles. The summed E-state index contributed by atoms with van der Waals surface area (Å²) in [6.07, 6.45) is 2.50. The van der Waals surface area contributed by atoms with E-state index in [1.165, 1.54) is 0 Å². The van der Waals surface area contributed by atoms with Crippen molar-refractivity contribution in [3.8, 4) is 11.5 Å². The smallest absolute Gasteiger partial charge is 0.287 e. The third-order valence-electron chi connectivity index (χ3n) is 3.18. The van der Waals surface area contributed by atoms with Crippen molar-refractivity contribution in [1.29, 1.82) is 0 Å². The highest BCUT2D eigenvalue weighted by Crippen LogP contribution is 2.30. The number of carbonyl (C=O) groups is 1. The van der Waals surface area contributed by atoms with Crippen LogP contribution in [0.15, 0.2) is 24.4 Å². The van der Waals surface area contributed by atoms with Crippen LogP contribution in [0.4, 0.5) is 0 Å². The molecule has 21 heavy (non-hydrogen) atoms. The van der Waals surface area contributed by atoms with E-state index in [1.54, 1.807) is 6.20 Å². The molecule has 0 radical (unpaired) electrons. The lowest BCUT2D eigenvalue weighted by atomic mass is 10.2. The van der Waals surface area contributed by atoms with Crippen molar-refractivity contribution >= 4 is 5.91 Å². The summed E-state index contributed by atoms with van der Waals surface area (Å²) < 4.78 is 11.2. The number of nitrogens with zero attached hydrogens (tertiary/aromatic N) is 1. The van der Waals surface area contributed by atoms with Crippen LogP contribution in [0.25, 0.3) is 0 Å². The molecule has 1 aromatic carbocycles. The van der Waals surface area contributed by atoms with Crippen molar-refractivity contribution < 1.29 is 14.3 Å². The van der Waals surface area contributed by atoms with Gasteiger partial charge in [0.2, 0.25) is 0 Å². The van der Waals surface area contributed by atoms with Crippen LogP contribution >= 0.6 is 0 Å². The van der Waals surface area contributed by atoms with Crippen LogP contribution in [0.1, 0.15) is 28.3 Å². The Morgan fingerprint density at radius 2 is 2.14 bits per heavy atom. The Bertz CT molecular complexity index is 651. The molecule has 1 amide bonds. The summed E-state index contributed by atoms with van der Waals surface area (Å²) in [4.78, 5) is 18.8. The minimum absolute atomic E-state index is 0.227. The number of benzene rings is 1. The van der Waals surface area contributed by atoms with Gasteiger partial charge in [-0.2, -0.15) is 0 Å². The lowest BCUT2D eigenvalue weighted by Crippen LogP contribution is -2.24. The lowest BCUT2D eigenvalue weighted by Gasteiger charge is -2.09. The number of fused-ring (bicyclic) bond motifs is 1. The van der Waals surface area contributed by atoms with Crippen LogP contribution in [0.3, 0.4) is 0 Å². The van der Waals surface area contributed by atoms with Gasteiger partial charge in [0.25, 0.3) is 5.91 Å². The van der Waals surface area contributed by atoms with Gasteiger partial charge in [-0.25, -0.2) is 4.98 Å². The lowest BCUT2D eigenvalue weighted by molar-refractivity contribution is 0.0941. The Morgan fingerprint density at radius 1 is 1.33 bits per heavy atom. The first-order valence-corrected chi connectivity index (χ1v) is 6.91. The van der Waals surface area contributed by atoms with Crippen molar-refractivity contribution in [2.75, 3.05) is 13.2 Å². The second-order valence-corrected chi connectivity index (χ2v) is 4.93. The standard InChI is InChI=1S/C15H17N3O3/c1-10-8-16-14(18-10)15(19)17-9-11-3-4-12-13(7-11)21-6-2-5-20-12/h3-4,7-8H,2,5-6,9H2,1H3,(H,16,18)(H,17,19). The number of aromatic nitrogens is 2. The average molecular weight is 287 g/mol. The number of aryl methyl sites for hydroxylation is 1. The maximum atomic E-state index is 11.9. The molecule has 0 bridgehead atoms. The number of imidazole rings is 1. The first kappa shape index (κ1) is 13.5. The predicted octanol–water partition coefficient (Wildman–Crippen LogP) is 1.81. The summed E-state index contributed by atoms with van der Waals surface area (Å²) in [5, 5.41) is 2.82. The topological polar surface area (TPSA) is 76.2 Å². The summed E-state index contributed by atoms with van der Waals surface area (Å²) in [5.41, 5.74) is 1.81. The van der Waals surface area contributed by atoms with Crippen molar-refractivity contribution in [3.63, 3.8) is 0 Å². The number of hydrogen-bond donors (Lipinski definition) is 2. The number of ether oxygens (including phenoxy) is 2. The minimum Gasteiger partial charge on any atom is -0.490 e. The molecule has 0 spiro atoms. The number of aromatic amines is 1. The SMILES string of the molecule is Cc1cnc(C(=O)NCc2ccc3c(c2)OCCCO3)[nH]1. The van der Waals surface area contributed by atoms with E-state index in [1.807, 2.05) is 25.1 Å². The molecule has 1 aromatic heterocycles. The predicted molar refractivity (Wildman–Crippen MR) is 76.5 cm³/mol. The molecule has 0 saturated heterocycles. The van der Waals surface area contributed by atoms with E-state index in [9.17, 15) is 4.79 Å². The molecule has 0 atom stereocenters. The molecule has 6 heteroatoms. The fourth-order valence-corrected chi connectivity index (χ4v) is 2.11. The number of hydrogen-bond acceptors (Lipinski definition) is 4. The van der Waals surface area contributed by atoms with Gasteiger partial charge in [0, 0.05) is 24.9 Å². The van der Waals surface area contributed by atoms with Gasteiger partial charge >= 0.3 is 0 Å². The average Bonchev–Trinajstić information content (AvgIpc) is 2.79. The summed E-state index contributed by atoms with van der Waals surface area (Å²) in [5.74, 6) is 1.58. The minimum atomic E-state index is -0.227. The summed E-state index contributed by atoms with van der Waals surface area (Å²) in [7, 11) is 0. The molecule has 1 aliphatic rings. The Balaban J connectivity index is 1.65. The Morgan fingerprint density at radius 3 is 2.90 bits per heavy atom. The molecule has 2 N–H and O–H groups in total. The number of amides is 1. The van der Waals surface area contributed by atoms with Gasteiger partial charge in [0.1, 0.15) is 0 Å². The van der Waals surface area contributed by atoms with Crippen LogP contribution in [0.5, 0.6) is 11.5 Å². The van der Waals surface area contributed by atoms with Crippen molar-refractivity contribution in [1.82, 2.24) is 15.3 Å². The van der Waals surface area contributed by atoms with Crippen molar-refractivity contribution in [3.05, 3.63) is 41.5 Å². The molecular weight excluding hydrogens is 270 g/mol. The monoisotopic (exact) mass is 287 g/mol. The van der Waals surface area contributed by atoms with Crippen molar-refractivity contribution in [2.45, 2.75) is 19.9 Å². The summed E-state index contributed by atoms with van der Waals surface area (Å²) in [6, 6.07) is 5.69. The fraction of sp³-hybridized carbons (Fsp3) is 0.333. The molecule has 0 unspecified atom stereocenters. The van der Waals surface area contributed by atoms with E-state index in [-0.39, 0.29) is 5.91 Å². The zero-order valence-corrected chi connectivity index (χ0v) is 11.8. The van der Waals surface area contributed by atoms with E-state index >= 15 is 0 Å². The second kappa shape index (κ2) is 5.87. The van der Waals surface area contributed by atoms with Gasteiger partial charge in [-0.05, 0) is 24.6 Å². The molecule has 6 nitrogen and oxygen atoms in total. The Hall–Kier alpha value is -2.50. The largest absolute Gasteiger partial charge is 0.490 e. The number of carbonyl (C=O) groups excluding carboxylic acids is 1. The van der Waals surface area contributed by atoms with Crippen LogP contribution in [0, 0.1) is 6.92 Å². The van der Waals surface area contributed by atoms with E-state index in [2.05, 4.69) is 15.3 Å². The first-order chi connectivity index (χ1) is 10.2. The number of nitrogens with one attached hydrogen (secondary N) is 2. The van der Waals surface area contributed by atoms with Gasteiger partial charge in [-0.3, -0.25) is 4.79 Å². The van der Waals surface area contributed by atoms with Gasteiger partial charge in [-0.15, -0.1) is 0 Å². The maximum Gasteiger partial charge on any atom is 0.287 e. The van der Waals surface area contributed by atoms with Gasteiger partial charge < -0.3 is 19.8 Å². The van der Waals surface area contributed by atoms with Gasteiger partial charge in [-0.1, -0.05) is 6.07 Å². The highest BCUT2D eigenvalue weighted by Gasteiger charge is 2.12. The van der Waals surface area contributed by atoms with Gasteiger partial charge in [0.05, 0.1) is 13.2 Å². The van der Waals surface area contributed by atoms with Crippen LogP contribution in [-0.2, 0) is 6.54 Å². The van der Waals surface area contributed by atoms with Crippen molar-refractivity contribution in [2.24, 2.45) is 0 Å². The molecule has 0 fully saturated rings. The Kier molecular flexibility index (Phi) is 3.77. The van der Waals surface area contributed by atoms with Crippen LogP contribution < -0.4 is 14.8 Å². The molecule has 3 rings (SSSR count). The van der Waals surface area contributed by atoms with E-state index in [0.29, 0.717) is 25.6 Å². The highest BCUT2D eigenvalue weighted by molar-refractivity contribution is 5.90. The van der Waals surface area contributed by atoms with Crippen LogP contribution in [0.2, 0.25) is 0 Å². The quantitative estimate of drug-likeness (QED) is 0.902. The molecule has 0 aliphatic carbocycles. The first-order valence-electron chi connectivity index (χ1n) is 6.91. The molecule has 1 aliphatic heterocycles. The third-order valence-corrected chi connectivity index (χ3v) is 3.18. The van der Waals surface area contributed by atoms with E-state index < -0.39 is 0 Å². The zero-order chi connectivity index (χ0) is 14.7. The third kappa shape index (κ3) is 3.16. The number of rotatable bonds is 3. The Labute approximate surface area is 122 Å². The van der Waals surface area contributed by atoms with Crippen LogP contribution in [-0.4, -0.2) is 29.1 Å². The molecule has 2 heterocycles.